The van der Waals surface area contributed by atoms with Crippen molar-refractivity contribution < 1.29 is 24.2 Å². The van der Waals surface area contributed by atoms with E-state index in [1.54, 1.807) is 0 Å². The smallest absolute Gasteiger partial charge is 0.306 e. The maximum atomic E-state index is 12.1. The van der Waals surface area contributed by atoms with Crippen LogP contribution in [0.3, 0.4) is 0 Å². The first kappa shape index (κ1) is 41.9. The van der Waals surface area contributed by atoms with Crippen molar-refractivity contribution in [3.05, 3.63) is 0 Å². The number of aliphatic hydroxyl groups excluding tert-OH is 1. The van der Waals surface area contributed by atoms with Gasteiger partial charge in [0.2, 0.25) is 0 Å². The van der Waals surface area contributed by atoms with E-state index in [1.165, 1.54) is 122 Å². The highest BCUT2D eigenvalue weighted by Gasteiger charge is 2.16. The molecule has 0 bridgehead atoms. The molecule has 0 aromatic rings. The fourth-order valence-electron chi connectivity index (χ4n) is 5.63. The van der Waals surface area contributed by atoms with Crippen molar-refractivity contribution in [3.8, 4) is 0 Å². The summed E-state index contributed by atoms with van der Waals surface area (Å²) >= 11 is 0. The predicted octanol–water partition coefficient (Wildman–Crippen LogP) is 11.3. The van der Waals surface area contributed by atoms with Gasteiger partial charge in [-0.3, -0.25) is 9.59 Å². The lowest BCUT2D eigenvalue weighted by Gasteiger charge is -2.15. The topological polar surface area (TPSA) is 72.8 Å². The molecule has 0 aromatic carbocycles. The molecule has 1 atom stereocenters. The van der Waals surface area contributed by atoms with E-state index in [-0.39, 0.29) is 25.2 Å². The zero-order chi connectivity index (χ0) is 31.8. The zero-order valence-corrected chi connectivity index (χ0v) is 29.3. The first-order valence-electron chi connectivity index (χ1n) is 18.8. The van der Waals surface area contributed by atoms with Crippen molar-refractivity contribution in [2.45, 2.75) is 207 Å². The van der Waals surface area contributed by atoms with Gasteiger partial charge >= 0.3 is 11.9 Å². The fraction of sp³-hybridized carbons (Fsp3) is 0.947. The second kappa shape index (κ2) is 32.3. The summed E-state index contributed by atoms with van der Waals surface area (Å²) in [4.78, 5) is 24.2. The fourth-order valence-corrected chi connectivity index (χ4v) is 5.63. The van der Waals surface area contributed by atoms with Gasteiger partial charge in [0.15, 0.2) is 6.10 Å². The van der Waals surface area contributed by atoms with Crippen LogP contribution in [0.25, 0.3) is 0 Å². The van der Waals surface area contributed by atoms with Crippen molar-refractivity contribution in [2.24, 2.45) is 11.8 Å². The Hall–Kier alpha value is -1.10. The van der Waals surface area contributed by atoms with Crippen LogP contribution in [0.2, 0.25) is 0 Å². The Morgan fingerprint density at radius 1 is 0.465 bits per heavy atom. The van der Waals surface area contributed by atoms with Crippen molar-refractivity contribution >= 4 is 11.9 Å². The summed E-state index contributed by atoms with van der Waals surface area (Å²) in [7, 11) is 0. The molecule has 5 heteroatoms. The first-order chi connectivity index (χ1) is 20.8. The van der Waals surface area contributed by atoms with E-state index in [9.17, 15) is 14.7 Å². The van der Waals surface area contributed by atoms with Crippen LogP contribution in [-0.2, 0) is 19.1 Å². The maximum Gasteiger partial charge on any atom is 0.306 e. The lowest BCUT2D eigenvalue weighted by Crippen LogP contribution is -2.28. The van der Waals surface area contributed by atoms with E-state index in [0.717, 1.165) is 50.4 Å². The molecule has 5 nitrogen and oxygen atoms in total. The standard InChI is InChI=1S/C38H74O5/c1-34(2)28-24-20-16-12-9-7-5-6-8-10-14-19-23-27-31-38(41)43-36(32-39)33-42-37(40)30-26-22-18-15-11-13-17-21-25-29-35(3)4/h34-36,39H,5-33H2,1-4H3/t36-/m0/s1. The van der Waals surface area contributed by atoms with Crippen LogP contribution in [0, 0.1) is 11.8 Å². The second-order valence-electron chi connectivity index (χ2n) is 14.0. The Kier molecular flexibility index (Phi) is 31.5. The van der Waals surface area contributed by atoms with E-state index < -0.39 is 6.10 Å². The number of carbonyl (C=O) groups excluding carboxylic acids is 2. The first-order valence-corrected chi connectivity index (χ1v) is 18.8. The van der Waals surface area contributed by atoms with Crippen LogP contribution in [0.4, 0.5) is 0 Å². The monoisotopic (exact) mass is 611 g/mol. The number of aliphatic hydroxyl groups is 1. The number of hydrogen-bond acceptors (Lipinski definition) is 5. The Morgan fingerprint density at radius 2 is 0.767 bits per heavy atom. The minimum atomic E-state index is -0.762. The molecule has 0 unspecified atom stereocenters. The zero-order valence-electron chi connectivity index (χ0n) is 29.3. The van der Waals surface area contributed by atoms with Crippen LogP contribution in [0.15, 0.2) is 0 Å². The van der Waals surface area contributed by atoms with Crippen LogP contribution in [0.1, 0.15) is 201 Å². The summed E-state index contributed by atoms with van der Waals surface area (Å²) in [6.45, 7) is 8.83. The molecule has 0 saturated heterocycles. The summed E-state index contributed by atoms with van der Waals surface area (Å²) in [6.07, 6.45) is 31.6. The third kappa shape index (κ3) is 33.6. The summed E-state index contributed by atoms with van der Waals surface area (Å²) < 4.78 is 10.6. The van der Waals surface area contributed by atoms with Gasteiger partial charge in [0.25, 0.3) is 0 Å². The number of unbranched alkanes of at least 4 members (excludes halogenated alkanes) is 21. The van der Waals surface area contributed by atoms with Crippen LogP contribution < -0.4 is 0 Å². The van der Waals surface area contributed by atoms with Gasteiger partial charge in [-0.1, -0.05) is 175 Å². The van der Waals surface area contributed by atoms with Crippen LogP contribution >= 0.6 is 0 Å². The molecule has 0 aliphatic rings. The number of hydrogen-bond donors (Lipinski definition) is 1. The molecule has 0 rings (SSSR count). The van der Waals surface area contributed by atoms with Gasteiger partial charge in [0.1, 0.15) is 6.61 Å². The van der Waals surface area contributed by atoms with E-state index in [1.807, 2.05) is 0 Å². The molecule has 0 amide bonds. The highest BCUT2D eigenvalue weighted by Crippen LogP contribution is 2.16. The third-order valence-corrected chi connectivity index (χ3v) is 8.51. The van der Waals surface area contributed by atoms with Gasteiger partial charge in [-0.2, -0.15) is 0 Å². The summed E-state index contributed by atoms with van der Waals surface area (Å²) in [5.41, 5.74) is 0. The maximum absolute atomic E-state index is 12.1. The number of rotatable bonds is 33. The number of esters is 2. The largest absolute Gasteiger partial charge is 0.462 e. The van der Waals surface area contributed by atoms with E-state index in [4.69, 9.17) is 9.47 Å². The summed E-state index contributed by atoms with van der Waals surface area (Å²) in [6, 6.07) is 0. The lowest BCUT2D eigenvalue weighted by atomic mass is 10.0. The van der Waals surface area contributed by atoms with Crippen molar-refractivity contribution in [3.63, 3.8) is 0 Å². The second-order valence-corrected chi connectivity index (χ2v) is 14.0. The molecule has 256 valence electrons. The van der Waals surface area contributed by atoms with Gasteiger partial charge in [0, 0.05) is 12.8 Å². The molecule has 0 aromatic heterocycles. The van der Waals surface area contributed by atoms with Gasteiger partial charge in [-0.25, -0.2) is 0 Å². The molecule has 0 heterocycles. The van der Waals surface area contributed by atoms with Crippen molar-refractivity contribution in [1.29, 1.82) is 0 Å². The predicted molar refractivity (Wildman–Crippen MR) is 182 cm³/mol. The number of ether oxygens (including phenoxy) is 2. The molecular formula is C38H74O5. The number of carbonyl (C=O) groups is 2. The molecule has 0 fully saturated rings. The van der Waals surface area contributed by atoms with Gasteiger partial charge in [-0.15, -0.1) is 0 Å². The Balaban J connectivity index is 3.51. The molecular weight excluding hydrogens is 536 g/mol. The van der Waals surface area contributed by atoms with E-state index >= 15 is 0 Å². The molecule has 0 aliphatic heterocycles. The van der Waals surface area contributed by atoms with Gasteiger partial charge in [-0.05, 0) is 24.7 Å². The summed E-state index contributed by atoms with van der Waals surface area (Å²) in [5.74, 6) is 1.09. The molecule has 0 spiro atoms. The molecule has 0 radical (unpaired) electrons. The van der Waals surface area contributed by atoms with E-state index in [2.05, 4.69) is 27.7 Å². The van der Waals surface area contributed by atoms with Crippen molar-refractivity contribution in [1.82, 2.24) is 0 Å². The minimum absolute atomic E-state index is 0.0593. The highest BCUT2D eigenvalue weighted by atomic mass is 16.6. The van der Waals surface area contributed by atoms with Gasteiger partial charge in [0.05, 0.1) is 6.61 Å². The molecule has 0 aliphatic carbocycles. The Morgan fingerprint density at radius 3 is 1.09 bits per heavy atom. The quantitative estimate of drug-likeness (QED) is 0.0591. The normalized spacial score (nSPS) is 12.3. The average molecular weight is 611 g/mol. The minimum Gasteiger partial charge on any atom is -0.462 e. The lowest BCUT2D eigenvalue weighted by molar-refractivity contribution is -0.161. The third-order valence-electron chi connectivity index (χ3n) is 8.51. The summed E-state index contributed by atoms with van der Waals surface area (Å²) in [5, 5.41) is 9.53. The van der Waals surface area contributed by atoms with Gasteiger partial charge < -0.3 is 14.6 Å². The van der Waals surface area contributed by atoms with Crippen LogP contribution in [-0.4, -0.2) is 36.4 Å². The van der Waals surface area contributed by atoms with Crippen LogP contribution in [0.5, 0.6) is 0 Å². The Bertz CT molecular complexity index is 603. The molecule has 0 saturated carbocycles. The highest BCUT2D eigenvalue weighted by molar-refractivity contribution is 5.70. The van der Waals surface area contributed by atoms with E-state index in [0.29, 0.717) is 12.8 Å². The average Bonchev–Trinajstić information content (AvgIpc) is 2.97. The molecule has 1 N–H and O–H groups in total. The Labute approximate surface area is 268 Å². The SMILES string of the molecule is CC(C)CCCCCCCCCCCCCCCCC(=O)O[C@@H](CO)COC(=O)CCCCCCCCCCCC(C)C. The van der Waals surface area contributed by atoms with Crippen molar-refractivity contribution in [2.75, 3.05) is 13.2 Å². The molecule has 43 heavy (non-hydrogen) atoms.